The normalized spacial score (nSPS) is 10.7. The van der Waals surface area contributed by atoms with E-state index in [0.29, 0.717) is 16.2 Å². The van der Waals surface area contributed by atoms with Gasteiger partial charge in [0.1, 0.15) is 10.4 Å². The molecule has 90 valence electrons. The summed E-state index contributed by atoms with van der Waals surface area (Å²) in [4.78, 5) is 12.2. The molecule has 18 heavy (non-hydrogen) atoms. The summed E-state index contributed by atoms with van der Waals surface area (Å²) in [6.45, 7) is 0. The van der Waals surface area contributed by atoms with Crippen LogP contribution < -0.4 is 10.5 Å². The Bertz CT molecular complexity index is 715. The maximum atomic E-state index is 5.72. The second-order valence-corrected chi connectivity index (χ2v) is 5.18. The number of hydrogen-bond acceptors (Lipinski definition) is 6. The van der Waals surface area contributed by atoms with E-state index in [0.717, 1.165) is 10.1 Å². The molecule has 5 nitrogen and oxygen atoms in total. The van der Waals surface area contributed by atoms with Crippen molar-refractivity contribution in [3.05, 3.63) is 34.6 Å². The molecule has 3 rings (SSSR count). The molecule has 0 fully saturated rings. The Morgan fingerprint density at radius 1 is 1.33 bits per heavy atom. The first-order valence-corrected chi connectivity index (χ1v) is 6.68. The first-order valence-electron chi connectivity index (χ1n) is 5.01. The molecule has 2 N–H and O–H groups in total. The van der Waals surface area contributed by atoms with Crippen LogP contribution in [0.5, 0.6) is 11.6 Å². The Morgan fingerprint density at radius 2 is 2.22 bits per heavy atom. The van der Waals surface area contributed by atoms with E-state index in [-0.39, 0.29) is 5.82 Å². The van der Waals surface area contributed by atoms with Gasteiger partial charge in [0.05, 0.1) is 10.9 Å². The molecule has 0 atom stereocenters. The molecule has 0 aliphatic carbocycles. The number of nitrogen functional groups attached to an aromatic ring is 1. The smallest absolute Gasteiger partial charge is 0.263 e. The van der Waals surface area contributed by atoms with E-state index in [2.05, 4.69) is 30.9 Å². The molecule has 0 saturated carbocycles. The van der Waals surface area contributed by atoms with Gasteiger partial charge >= 0.3 is 0 Å². The summed E-state index contributed by atoms with van der Waals surface area (Å²) in [5, 5.41) is 2.88. The number of fused-ring (bicyclic) bond motifs is 1. The van der Waals surface area contributed by atoms with Crippen LogP contribution in [0, 0.1) is 0 Å². The minimum absolute atomic E-state index is 0.256. The number of nitrogens with two attached hydrogens (primary N) is 1. The summed E-state index contributed by atoms with van der Waals surface area (Å²) in [7, 11) is 0. The zero-order valence-corrected chi connectivity index (χ0v) is 11.4. The molecular formula is C11H7BrN4OS. The fourth-order valence-electron chi connectivity index (χ4n) is 1.48. The van der Waals surface area contributed by atoms with E-state index in [1.807, 2.05) is 11.4 Å². The van der Waals surface area contributed by atoms with Gasteiger partial charge in [-0.2, -0.15) is 0 Å². The molecule has 3 aromatic heterocycles. The van der Waals surface area contributed by atoms with Crippen molar-refractivity contribution in [2.24, 2.45) is 0 Å². The Morgan fingerprint density at radius 3 is 3.11 bits per heavy atom. The van der Waals surface area contributed by atoms with Gasteiger partial charge in [0.25, 0.3) is 5.88 Å². The molecule has 3 aromatic rings. The van der Waals surface area contributed by atoms with Gasteiger partial charge < -0.3 is 10.5 Å². The number of rotatable bonds is 2. The number of anilines is 1. The molecule has 0 radical (unpaired) electrons. The van der Waals surface area contributed by atoms with E-state index in [1.54, 1.807) is 23.7 Å². The molecule has 0 aliphatic rings. The lowest BCUT2D eigenvalue weighted by Gasteiger charge is -2.05. The predicted octanol–water partition coefficient (Wildman–Crippen LogP) is 3.22. The maximum absolute atomic E-state index is 5.72. The van der Waals surface area contributed by atoms with Crippen LogP contribution in [0.2, 0.25) is 0 Å². The summed E-state index contributed by atoms with van der Waals surface area (Å²) in [5.74, 6) is 1.25. The van der Waals surface area contributed by atoms with Crippen LogP contribution in [0.3, 0.4) is 0 Å². The highest BCUT2D eigenvalue weighted by Crippen LogP contribution is 2.35. The number of hydrogen-bond donors (Lipinski definition) is 1. The van der Waals surface area contributed by atoms with Crippen molar-refractivity contribution >= 4 is 43.2 Å². The number of aromatic nitrogens is 3. The summed E-state index contributed by atoms with van der Waals surface area (Å²) in [6, 6.07) is 1.89. The van der Waals surface area contributed by atoms with E-state index in [9.17, 15) is 0 Å². The Kier molecular flexibility index (Phi) is 2.85. The Balaban J connectivity index is 2.04. The lowest BCUT2D eigenvalue weighted by Crippen LogP contribution is -1.97. The number of ether oxygens (including phenoxy) is 1. The van der Waals surface area contributed by atoms with E-state index >= 15 is 0 Å². The van der Waals surface area contributed by atoms with Crippen LogP contribution in [0.25, 0.3) is 10.1 Å². The van der Waals surface area contributed by atoms with Crippen LogP contribution in [0.4, 0.5) is 5.82 Å². The molecule has 0 amide bonds. The van der Waals surface area contributed by atoms with Crippen molar-refractivity contribution in [2.45, 2.75) is 0 Å². The average molecular weight is 323 g/mol. The molecular weight excluding hydrogens is 316 g/mol. The van der Waals surface area contributed by atoms with Crippen molar-refractivity contribution in [3.63, 3.8) is 0 Å². The highest BCUT2D eigenvalue weighted by Gasteiger charge is 2.10. The van der Waals surface area contributed by atoms with Crippen molar-refractivity contribution in [2.75, 3.05) is 5.73 Å². The molecule has 0 unspecified atom stereocenters. The van der Waals surface area contributed by atoms with E-state index in [1.165, 1.54) is 6.20 Å². The van der Waals surface area contributed by atoms with Crippen molar-refractivity contribution in [1.29, 1.82) is 0 Å². The minimum Gasteiger partial charge on any atom is -0.434 e. The van der Waals surface area contributed by atoms with E-state index in [4.69, 9.17) is 10.5 Å². The molecule has 0 aliphatic heterocycles. The van der Waals surface area contributed by atoms with Gasteiger partial charge in [0, 0.05) is 23.2 Å². The third kappa shape index (κ3) is 2.02. The zero-order valence-electron chi connectivity index (χ0n) is 9.00. The lowest BCUT2D eigenvalue weighted by molar-refractivity contribution is 0.469. The Labute approximate surface area is 115 Å². The third-order valence-corrected chi connectivity index (χ3v) is 3.58. The van der Waals surface area contributed by atoms with Gasteiger partial charge in [0.2, 0.25) is 0 Å². The van der Waals surface area contributed by atoms with Gasteiger partial charge in [-0.25, -0.2) is 9.97 Å². The van der Waals surface area contributed by atoms with Crippen LogP contribution in [-0.2, 0) is 0 Å². The van der Waals surface area contributed by atoms with Gasteiger partial charge in [0.15, 0.2) is 5.82 Å². The van der Waals surface area contributed by atoms with Crippen LogP contribution in [0.15, 0.2) is 34.6 Å². The molecule has 3 heterocycles. The van der Waals surface area contributed by atoms with Crippen molar-refractivity contribution in [3.8, 4) is 11.6 Å². The topological polar surface area (TPSA) is 73.9 Å². The first-order chi connectivity index (χ1) is 8.74. The SMILES string of the molecule is Nc1ncc(Br)nc1Oc1csc2cnccc12. The summed E-state index contributed by atoms with van der Waals surface area (Å²) < 4.78 is 7.32. The quantitative estimate of drug-likeness (QED) is 0.784. The first kappa shape index (κ1) is 11.4. The average Bonchev–Trinajstić information content (AvgIpc) is 2.78. The largest absolute Gasteiger partial charge is 0.434 e. The number of thiophene rings is 1. The molecule has 0 aromatic carbocycles. The summed E-state index contributed by atoms with van der Waals surface area (Å²) in [5.41, 5.74) is 5.72. The van der Waals surface area contributed by atoms with Gasteiger partial charge in [-0.05, 0) is 22.0 Å². The summed E-state index contributed by atoms with van der Waals surface area (Å²) >= 11 is 4.79. The lowest BCUT2D eigenvalue weighted by atomic mass is 10.3. The van der Waals surface area contributed by atoms with Crippen LogP contribution >= 0.6 is 27.3 Å². The monoisotopic (exact) mass is 322 g/mol. The standard InChI is InChI=1S/C11H7BrN4OS/c12-9-4-15-10(13)11(16-9)17-7-5-18-8-3-14-2-1-6(7)8/h1-5H,(H2,13,15). The molecule has 0 spiro atoms. The van der Waals surface area contributed by atoms with Crippen LogP contribution in [-0.4, -0.2) is 15.0 Å². The number of nitrogens with zero attached hydrogens (tertiary/aromatic N) is 3. The zero-order chi connectivity index (χ0) is 12.5. The third-order valence-electron chi connectivity index (χ3n) is 2.29. The highest BCUT2D eigenvalue weighted by atomic mass is 79.9. The van der Waals surface area contributed by atoms with Gasteiger partial charge in [-0.3, -0.25) is 4.98 Å². The van der Waals surface area contributed by atoms with E-state index < -0.39 is 0 Å². The molecule has 0 bridgehead atoms. The van der Waals surface area contributed by atoms with Crippen molar-refractivity contribution in [1.82, 2.24) is 15.0 Å². The fraction of sp³-hybridized carbons (Fsp3) is 0. The molecule has 7 heteroatoms. The number of pyridine rings is 1. The number of halogens is 1. The molecule has 0 saturated heterocycles. The van der Waals surface area contributed by atoms with Gasteiger partial charge in [-0.15, -0.1) is 11.3 Å². The van der Waals surface area contributed by atoms with Gasteiger partial charge in [-0.1, -0.05) is 0 Å². The minimum atomic E-state index is 0.256. The second kappa shape index (κ2) is 4.51. The predicted molar refractivity (Wildman–Crippen MR) is 73.8 cm³/mol. The second-order valence-electron chi connectivity index (χ2n) is 3.46. The van der Waals surface area contributed by atoms with Crippen molar-refractivity contribution < 1.29 is 4.74 Å². The fourth-order valence-corrected chi connectivity index (χ4v) is 2.57. The highest BCUT2D eigenvalue weighted by molar-refractivity contribution is 9.10. The van der Waals surface area contributed by atoms with Crippen LogP contribution in [0.1, 0.15) is 0 Å². The maximum Gasteiger partial charge on any atom is 0.263 e. The summed E-state index contributed by atoms with van der Waals surface area (Å²) in [6.07, 6.45) is 5.04. The Hall–Kier alpha value is -1.73.